The van der Waals surface area contributed by atoms with Crippen LogP contribution in [0.25, 0.3) is 0 Å². The Hall–Kier alpha value is -1.32. The molecule has 3 heteroatoms. The first-order chi connectivity index (χ1) is 11.3. The largest absolute Gasteiger partial charge is 0.489 e. The molecule has 0 radical (unpaired) electrons. The van der Waals surface area contributed by atoms with Crippen LogP contribution in [0.1, 0.15) is 30.4 Å². The van der Waals surface area contributed by atoms with E-state index in [-0.39, 0.29) is 0 Å². The molecule has 0 aromatic heterocycles. The Bertz CT molecular complexity index is 605. The molecule has 2 aromatic rings. The molecule has 1 aliphatic heterocycles. The zero-order chi connectivity index (χ0) is 15.9. The molecule has 1 atom stereocenters. The fraction of sp³-hybridized carbons (Fsp3) is 0.400. The predicted octanol–water partition coefficient (Wildman–Crippen LogP) is 4.96. The maximum absolute atomic E-state index is 5.88. The third-order valence-electron chi connectivity index (χ3n) is 4.52. The van der Waals surface area contributed by atoms with Gasteiger partial charge in [0.15, 0.2) is 0 Å². The highest BCUT2D eigenvalue weighted by Crippen LogP contribution is 2.21. The fourth-order valence-corrected chi connectivity index (χ4v) is 3.48. The number of benzene rings is 2. The average molecular weight is 374 g/mol. The number of rotatable bonds is 7. The van der Waals surface area contributed by atoms with E-state index in [0.29, 0.717) is 6.61 Å². The Morgan fingerprint density at radius 1 is 1.09 bits per heavy atom. The first kappa shape index (κ1) is 16.5. The van der Waals surface area contributed by atoms with Crippen molar-refractivity contribution in [1.82, 2.24) is 5.32 Å². The lowest BCUT2D eigenvalue weighted by Crippen LogP contribution is -2.08. The zero-order valence-electron chi connectivity index (χ0n) is 13.4. The van der Waals surface area contributed by atoms with Gasteiger partial charge in [-0.15, -0.1) is 0 Å². The van der Waals surface area contributed by atoms with E-state index in [2.05, 4.69) is 51.6 Å². The third-order valence-corrected chi connectivity index (χ3v) is 5.29. The molecule has 1 unspecified atom stereocenters. The van der Waals surface area contributed by atoms with Gasteiger partial charge in [-0.2, -0.15) is 0 Å². The summed E-state index contributed by atoms with van der Waals surface area (Å²) in [4.78, 5) is 0. The summed E-state index contributed by atoms with van der Waals surface area (Å²) in [5.74, 6) is 1.83. The van der Waals surface area contributed by atoms with Gasteiger partial charge in [0.05, 0.1) is 0 Å². The molecule has 0 saturated carbocycles. The second kappa shape index (κ2) is 8.51. The average Bonchev–Trinajstić information content (AvgIpc) is 3.09. The van der Waals surface area contributed by atoms with Gasteiger partial charge >= 0.3 is 0 Å². The van der Waals surface area contributed by atoms with Crippen molar-refractivity contribution < 1.29 is 4.74 Å². The van der Waals surface area contributed by atoms with Gasteiger partial charge in [-0.25, -0.2) is 0 Å². The van der Waals surface area contributed by atoms with E-state index >= 15 is 0 Å². The summed E-state index contributed by atoms with van der Waals surface area (Å²) in [7, 11) is 0. The number of halogens is 1. The van der Waals surface area contributed by atoms with Crippen LogP contribution in [0.5, 0.6) is 5.75 Å². The lowest BCUT2D eigenvalue weighted by atomic mass is 9.99. The molecule has 1 heterocycles. The van der Waals surface area contributed by atoms with Crippen LogP contribution in [-0.2, 0) is 13.0 Å². The number of aryl methyl sites for hydroxylation is 1. The Balaban J connectivity index is 1.44. The molecule has 1 aliphatic rings. The molecule has 2 nitrogen and oxygen atoms in total. The molecular formula is C20H24BrNO. The molecule has 0 bridgehead atoms. The van der Waals surface area contributed by atoms with Crippen LogP contribution >= 0.6 is 15.9 Å². The van der Waals surface area contributed by atoms with Crippen molar-refractivity contribution >= 4 is 15.9 Å². The Labute approximate surface area is 147 Å². The molecule has 1 N–H and O–H groups in total. The zero-order valence-corrected chi connectivity index (χ0v) is 15.0. The van der Waals surface area contributed by atoms with Gasteiger partial charge in [0.2, 0.25) is 0 Å². The molecular weight excluding hydrogens is 350 g/mol. The van der Waals surface area contributed by atoms with E-state index in [4.69, 9.17) is 4.74 Å². The van der Waals surface area contributed by atoms with Gasteiger partial charge in [-0.1, -0.05) is 46.3 Å². The lowest BCUT2D eigenvalue weighted by molar-refractivity contribution is 0.305. The van der Waals surface area contributed by atoms with Gasteiger partial charge in [-0.05, 0) is 68.5 Å². The smallest absolute Gasteiger partial charge is 0.119 e. The monoisotopic (exact) mass is 373 g/mol. The van der Waals surface area contributed by atoms with Crippen LogP contribution < -0.4 is 10.1 Å². The summed E-state index contributed by atoms with van der Waals surface area (Å²) in [6.45, 7) is 3.01. The summed E-state index contributed by atoms with van der Waals surface area (Å²) >= 11 is 3.55. The van der Waals surface area contributed by atoms with E-state index in [1.807, 2.05) is 18.2 Å². The maximum atomic E-state index is 5.88. The standard InChI is InChI=1S/C20H24BrNO/c21-20-7-2-1-6-18(20)15-23-19-10-8-16(9-11-19)4-3-5-17-12-13-22-14-17/h1-2,6-11,17,22H,3-5,12-15H2. The fourth-order valence-electron chi connectivity index (χ4n) is 3.08. The van der Waals surface area contributed by atoms with Gasteiger partial charge < -0.3 is 10.1 Å². The lowest BCUT2D eigenvalue weighted by Gasteiger charge is -2.10. The molecule has 0 amide bonds. The highest BCUT2D eigenvalue weighted by atomic mass is 79.9. The van der Waals surface area contributed by atoms with E-state index in [1.165, 1.54) is 49.9 Å². The molecule has 0 spiro atoms. The third kappa shape index (κ3) is 5.08. The summed E-state index contributed by atoms with van der Waals surface area (Å²) in [6, 6.07) is 16.7. The van der Waals surface area contributed by atoms with E-state index in [9.17, 15) is 0 Å². The molecule has 1 fully saturated rings. The Kier molecular flexibility index (Phi) is 6.12. The van der Waals surface area contributed by atoms with Crippen LogP contribution in [-0.4, -0.2) is 13.1 Å². The first-order valence-corrected chi connectivity index (χ1v) is 9.26. The van der Waals surface area contributed by atoms with Gasteiger partial charge in [0.25, 0.3) is 0 Å². The van der Waals surface area contributed by atoms with Crippen molar-refractivity contribution in [3.63, 3.8) is 0 Å². The number of hydrogen-bond donors (Lipinski definition) is 1. The SMILES string of the molecule is Brc1ccccc1COc1ccc(CCCC2CCNC2)cc1. The van der Waals surface area contributed by atoms with Gasteiger partial charge in [-0.3, -0.25) is 0 Å². The van der Waals surface area contributed by atoms with Gasteiger partial charge in [0, 0.05) is 10.0 Å². The predicted molar refractivity (Wildman–Crippen MR) is 98.8 cm³/mol. The Morgan fingerprint density at radius 2 is 1.91 bits per heavy atom. The van der Waals surface area contributed by atoms with Crippen molar-refractivity contribution in [3.05, 3.63) is 64.1 Å². The minimum absolute atomic E-state index is 0.593. The van der Waals surface area contributed by atoms with Crippen LogP contribution in [0.4, 0.5) is 0 Å². The van der Waals surface area contributed by atoms with Crippen LogP contribution in [0.3, 0.4) is 0 Å². The van der Waals surface area contributed by atoms with Crippen LogP contribution in [0, 0.1) is 5.92 Å². The Morgan fingerprint density at radius 3 is 2.65 bits per heavy atom. The molecule has 23 heavy (non-hydrogen) atoms. The first-order valence-electron chi connectivity index (χ1n) is 8.47. The van der Waals surface area contributed by atoms with Gasteiger partial charge in [0.1, 0.15) is 12.4 Å². The van der Waals surface area contributed by atoms with E-state index in [1.54, 1.807) is 0 Å². The summed E-state index contributed by atoms with van der Waals surface area (Å²) in [5.41, 5.74) is 2.57. The van der Waals surface area contributed by atoms with E-state index < -0.39 is 0 Å². The summed E-state index contributed by atoms with van der Waals surface area (Å²) < 4.78 is 6.97. The quantitative estimate of drug-likeness (QED) is 0.740. The van der Waals surface area contributed by atoms with E-state index in [0.717, 1.165) is 16.1 Å². The summed E-state index contributed by atoms with van der Waals surface area (Å²) in [6.07, 6.45) is 5.14. The second-order valence-electron chi connectivity index (χ2n) is 6.28. The molecule has 0 aliphatic carbocycles. The molecule has 2 aromatic carbocycles. The van der Waals surface area contributed by atoms with Crippen molar-refractivity contribution in [1.29, 1.82) is 0 Å². The minimum Gasteiger partial charge on any atom is -0.489 e. The van der Waals surface area contributed by atoms with Crippen molar-refractivity contribution in [3.8, 4) is 5.75 Å². The van der Waals surface area contributed by atoms with Crippen molar-refractivity contribution in [2.45, 2.75) is 32.3 Å². The minimum atomic E-state index is 0.593. The molecule has 122 valence electrons. The van der Waals surface area contributed by atoms with Crippen LogP contribution in [0.15, 0.2) is 53.0 Å². The number of nitrogens with one attached hydrogen (secondary N) is 1. The number of ether oxygens (including phenoxy) is 1. The highest BCUT2D eigenvalue weighted by molar-refractivity contribution is 9.10. The van der Waals surface area contributed by atoms with Crippen molar-refractivity contribution in [2.24, 2.45) is 5.92 Å². The maximum Gasteiger partial charge on any atom is 0.119 e. The number of hydrogen-bond acceptors (Lipinski definition) is 2. The van der Waals surface area contributed by atoms with Crippen LogP contribution in [0.2, 0.25) is 0 Å². The molecule has 3 rings (SSSR count). The molecule has 1 saturated heterocycles. The normalized spacial score (nSPS) is 17.3. The summed E-state index contributed by atoms with van der Waals surface area (Å²) in [5, 5.41) is 3.44. The highest BCUT2D eigenvalue weighted by Gasteiger charge is 2.13. The second-order valence-corrected chi connectivity index (χ2v) is 7.13. The topological polar surface area (TPSA) is 21.3 Å². The van der Waals surface area contributed by atoms with Crippen molar-refractivity contribution in [2.75, 3.05) is 13.1 Å².